The third-order valence-corrected chi connectivity index (χ3v) is 6.06. The van der Waals surface area contributed by atoms with Gasteiger partial charge in [-0.25, -0.2) is 18.1 Å². The summed E-state index contributed by atoms with van der Waals surface area (Å²) >= 11 is 0. The van der Waals surface area contributed by atoms with E-state index in [9.17, 15) is 21.6 Å². The van der Waals surface area contributed by atoms with Crippen molar-refractivity contribution >= 4 is 21.5 Å². The van der Waals surface area contributed by atoms with Gasteiger partial charge < -0.3 is 5.32 Å². The summed E-state index contributed by atoms with van der Waals surface area (Å²) in [7, 11) is -2.40. The van der Waals surface area contributed by atoms with Crippen molar-refractivity contribution in [1.29, 1.82) is 0 Å². The Hall–Kier alpha value is -2.98. The van der Waals surface area contributed by atoms with Gasteiger partial charge in [0.2, 0.25) is 10.0 Å². The molecular weight excluding hydrogens is 429 g/mol. The molecular formula is C21H21F3N4O2S. The van der Waals surface area contributed by atoms with Crippen LogP contribution >= 0.6 is 0 Å². The molecule has 3 aromatic rings. The van der Waals surface area contributed by atoms with Crippen molar-refractivity contribution in [2.24, 2.45) is 0 Å². The highest BCUT2D eigenvalue weighted by Crippen LogP contribution is 2.33. The molecule has 2 aromatic heterocycles. The Labute approximate surface area is 178 Å². The summed E-state index contributed by atoms with van der Waals surface area (Å²) in [5, 5.41) is 2.96. The smallest absolute Gasteiger partial charge is 0.340 e. The Morgan fingerprint density at radius 3 is 2.32 bits per heavy atom. The van der Waals surface area contributed by atoms with Gasteiger partial charge >= 0.3 is 6.18 Å². The Kier molecular flexibility index (Phi) is 6.33. The Bertz CT molecular complexity index is 1180. The van der Waals surface area contributed by atoms with Gasteiger partial charge in [0.05, 0.1) is 16.2 Å². The maximum Gasteiger partial charge on any atom is 0.417 e. The molecule has 0 unspecified atom stereocenters. The van der Waals surface area contributed by atoms with Gasteiger partial charge in [0, 0.05) is 23.6 Å². The highest BCUT2D eigenvalue weighted by atomic mass is 32.2. The molecule has 0 fully saturated rings. The van der Waals surface area contributed by atoms with Crippen LogP contribution in [0.1, 0.15) is 30.9 Å². The van der Waals surface area contributed by atoms with E-state index in [4.69, 9.17) is 0 Å². The Morgan fingerprint density at radius 1 is 1.00 bits per heavy atom. The lowest BCUT2D eigenvalue weighted by molar-refractivity contribution is -0.137. The molecule has 0 aliphatic carbocycles. The summed E-state index contributed by atoms with van der Waals surface area (Å²) < 4.78 is 65.2. The van der Waals surface area contributed by atoms with Crippen LogP contribution in [-0.4, -0.2) is 25.4 Å². The van der Waals surface area contributed by atoms with Crippen LogP contribution in [0.2, 0.25) is 0 Å². The predicted molar refractivity (Wildman–Crippen MR) is 113 cm³/mol. The Morgan fingerprint density at radius 2 is 1.74 bits per heavy atom. The van der Waals surface area contributed by atoms with Gasteiger partial charge in [-0.3, -0.25) is 4.98 Å². The van der Waals surface area contributed by atoms with E-state index in [0.29, 0.717) is 16.9 Å². The summed E-state index contributed by atoms with van der Waals surface area (Å²) in [6.07, 6.45) is -2.12. The van der Waals surface area contributed by atoms with Gasteiger partial charge in [-0.15, -0.1) is 0 Å². The first-order valence-electron chi connectivity index (χ1n) is 9.35. The third-order valence-electron chi connectivity index (χ3n) is 4.65. The molecule has 1 aromatic carbocycles. The number of sulfonamides is 1. The zero-order chi connectivity index (χ0) is 22.8. The zero-order valence-electron chi connectivity index (χ0n) is 17.0. The van der Waals surface area contributed by atoms with Crippen LogP contribution in [0.5, 0.6) is 0 Å². The summed E-state index contributed by atoms with van der Waals surface area (Å²) in [5.41, 5.74) is 1.59. The van der Waals surface area contributed by atoms with Crippen molar-refractivity contribution in [3.05, 3.63) is 66.0 Å². The number of alkyl halides is 3. The lowest BCUT2D eigenvalue weighted by Gasteiger charge is -2.15. The molecule has 6 nitrogen and oxygen atoms in total. The normalized spacial score (nSPS) is 12.2. The van der Waals surface area contributed by atoms with E-state index in [1.54, 1.807) is 6.20 Å². The van der Waals surface area contributed by atoms with Gasteiger partial charge in [0.1, 0.15) is 5.82 Å². The Balaban J connectivity index is 2.08. The number of aromatic nitrogens is 2. The molecule has 0 spiro atoms. The van der Waals surface area contributed by atoms with Crippen LogP contribution in [0.15, 0.2) is 59.8 Å². The summed E-state index contributed by atoms with van der Waals surface area (Å²) in [5.74, 6) is 0.400. The van der Waals surface area contributed by atoms with Crippen LogP contribution < -0.4 is 10.0 Å². The third kappa shape index (κ3) is 5.20. The molecule has 0 atom stereocenters. The quantitative estimate of drug-likeness (QED) is 0.556. The summed E-state index contributed by atoms with van der Waals surface area (Å²) in [4.78, 5) is 8.23. The highest BCUT2D eigenvalue weighted by molar-refractivity contribution is 7.89. The SMILES string of the molecule is CNS(=O)(=O)c1ccc(Nc2ccc(C(F)(F)F)cn2)c(-c2cc(C(C)C)ccn2)c1. The van der Waals surface area contributed by atoms with E-state index in [1.807, 2.05) is 26.0 Å². The summed E-state index contributed by atoms with van der Waals surface area (Å²) in [6.45, 7) is 4.04. The molecule has 0 amide bonds. The van der Waals surface area contributed by atoms with Crippen molar-refractivity contribution in [1.82, 2.24) is 14.7 Å². The van der Waals surface area contributed by atoms with Crippen LogP contribution in [0.4, 0.5) is 24.7 Å². The average molecular weight is 450 g/mol. The van der Waals surface area contributed by atoms with E-state index in [-0.39, 0.29) is 16.6 Å². The largest absolute Gasteiger partial charge is 0.417 e. The van der Waals surface area contributed by atoms with E-state index in [2.05, 4.69) is 20.0 Å². The molecule has 0 aliphatic heterocycles. The van der Waals surface area contributed by atoms with Gasteiger partial charge in [0.25, 0.3) is 0 Å². The van der Waals surface area contributed by atoms with Crippen LogP contribution in [0.3, 0.4) is 0 Å². The van der Waals surface area contributed by atoms with Gasteiger partial charge in [-0.2, -0.15) is 13.2 Å². The zero-order valence-corrected chi connectivity index (χ0v) is 17.8. The topological polar surface area (TPSA) is 84.0 Å². The lowest BCUT2D eigenvalue weighted by atomic mass is 10.0. The molecule has 0 saturated carbocycles. The minimum atomic E-state index is -4.49. The number of hydrogen-bond acceptors (Lipinski definition) is 5. The second-order valence-electron chi connectivity index (χ2n) is 7.10. The number of hydrogen-bond donors (Lipinski definition) is 2. The van der Waals surface area contributed by atoms with Crippen molar-refractivity contribution in [3.63, 3.8) is 0 Å². The molecule has 164 valence electrons. The number of anilines is 2. The number of nitrogens with zero attached hydrogens (tertiary/aromatic N) is 2. The minimum Gasteiger partial charge on any atom is -0.340 e. The molecule has 0 aliphatic rings. The molecule has 3 rings (SSSR count). The van der Waals surface area contributed by atoms with Gasteiger partial charge in [-0.1, -0.05) is 13.8 Å². The number of rotatable bonds is 6. The van der Waals surface area contributed by atoms with E-state index in [1.165, 1.54) is 31.3 Å². The van der Waals surface area contributed by atoms with Crippen molar-refractivity contribution in [3.8, 4) is 11.3 Å². The molecule has 2 heterocycles. The average Bonchev–Trinajstić information content (AvgIpc) is 2.73. The van der Waals surface area contributed by atoms with Crippen LogP contribution in [-0.2, 0) is 16.2 Å². The lowest BCUT2D eigenvalue weighted by Crippen LogP contribution is -2.18. The van der Waals surface area contributed by atoms with Crippen LogP contribution in [0, 0.1) is 0 Å². The van der Waals surface area contributed by atoms with Crippen LogP contribution in [0.25, 0.3) is 11.3 Å². The molecule has 0 radical (unpaired) electrons. The first-order chi connectivity index (χ1) is 14.5. The number of pyridine rings is 2. The second kappa shape index (κ2) is 8.64. The number of nitrogens with one attached hydrogen (secondary N) is 2. The maximum atomic E-state index is 12.8. The molecule has 10 heteroatoms. The fraction of sp³-hybridized carbons (Fsp3) is 0.238. The van der Waals surface area contributed by atoms with E-state index in [0.717, 1.165) is 17.8 Å². The molecule has 31 heavy (non-hydrogen) atoms. The summed E-state index contributed by atoms with van der Waals surface area (Å²) in [6, 6.07) is 10.2. The first-order valence-corrected chi connectivity index (χ1v) is 10.8. The van der Waals surface area contributed by atoms with Crippen molar-refractivity contribution in [2.45, 2.75) is 30.8 Å². The second-order valence-corrected chi connectivity index (χ2v) is 8.99. The minimum absolute atomic E-state index is 0.0349. The molecule has 0 saturated heterocycles. The van der Waals surface area contributed by atoms with Crippen molar-refractivity contribution < 1.29 is 21.6 Å². The fourth-order valence-electron chi connectivity index (χ4n) is 2.86. The standard InChI is InChI=1S/C21H21F3N4O2S/c1-13(2)14-8-9-26-19(10-14)17-11-16(31(29,30)25-3)5-6-18(17)28-20-7-4-15(12-27-20)21(22,23)24/h4-13,25H,1-3H3,(H,27,28). The number of halogens is 3. The fourth-order valence-corrected chi connectivity index (χ4v) is 3.61. The molecule has 2 N–H and O–H groups in total. The van der Waals surface area contributed by atoms with Gasteiger partial charge in [0.15, 0.2) is 0 Å². The monoisotopic (exact) mass is 450 g/mol. The van der Waals surface area contributed by atoms with Gasteiger partial charge in [-0.05, 0) is 61.0 Å². The van der Waals surface area contributed by atoms with E-state index >= 15 is 0 Å². The maximum absolute atomic E-state index is 12.8. The molecule has 0 bridgehead atoms. The van der Waals surface area contributed by atoms with E-state index < -0.39 is 21.8 Å². The first kappa shape index (κ1) is 22.7. The predicted octanol–water partition coefficient (Wildman–Crippen LogP) is 4.94. The number of benzene rings is 1. The van der Waals surface area contributed by atoms with Crippen molar-refractivity contribution in [2.75, 3.05) is 12.4 Å². The highest BCUT2D eigenvalue weighted by Gasteiger charge is 2.30.